The van der Waals surface area contributed by atoms with Crippen LogP contribution < -0.4 is 10.1 Å². The molecule has 1 fully saturated rings. The van der Waals surface area contributed by atoms with Crippen LogP contribution in [0.2, 0.25) is 5.02 Å². The molecule has 3 rings (SSSR count). The van der Waals surface area contributed by atoms with E-state index in [1.807, 2.05) is 6.07 Å². The Kier molecular flexibility index (Phi) is 7.81. The van der Waals surface area contributed by atoms with Crippen LogP contribution in [0.15, 0.2) is 48.0 Å². The number of rotatable bonds is 6. The van der Waals surface area contributed by atoms with Crippen molar-refractivity contribution in [3.8, 4) is 11.8 Å². The van der Waals surface area contributed by atoms with Crippen LogP contribution in [0.3, 0.4) is 0 Å². The van der Waals surface area contributed by atoms with Gasteiger partial charge in [0.05, 0.1) is 5.56 Å². The minimum Gasteiger partial charge on any atom is -0.488 e. The largest absolute Gasteiger partial charge is 0.488 e. The highest BCUT2D eigenvalue weighted by Gasteiger charge is 2.30. The third-order valence-electron chi connectivity index (χ3n) is 5.23. The molecular formula is C24H22ClF3N2O2. The van der Waals surface area contributed by atoms with E-state index in [4.69, 9.17) is 16.3 Å². The van der Waals surface area contributed by atoms with E-state index in [1.165, 1.54) is 24.3 Å². The summed E-state index contributed by atoms with van der Waals surface area (Å²) in [6, 6.07) is 11.5. The van der Waals surface area contributed by atoms with Crippen LogP contribution in [0, 0.1) is 11.3 Å². The monoisotopic (exact) mass is 462 g/mol. The van der Waals surface area contributed by atoms with Gasteiger partial charge in [-0.3, -0.25) is 4.79 Å². The van der Waals surface area contributed by atoms with Crippen LogP contribution in [0.4, 0.5) is 13.2 Å². The first-order valence-corrected chi connectivity index (χ1v) is 10.6. The van der Waals surface area contributed by atoms with Gasteiger partial charge >= 0.3 is 6.18 Å². The standard InChI is InChI=1S/C24H22ClF3N2O2/c25-20-9-10-22(32-15-16-5-4-6-19(11-16)24(26,27)28)17(13-20)12-18(14-29)23(31)30-21-7-2-1-3-8-21/h4-6,9-13,21H,1-3,7-8,15H2,(H,30,31)/b18-12+. The van der Waals surface area contributed by atoms with Crippen LogP contribution >= 0.6 is 11.6 Å². The predicted octanol–water partition coefficient (Wildman–Crippen LogP) is 6.29. The van der Waals surface area contributed by atoms with E-state index in [9.17, 15) is 23.2 Å². The van der Waals surface area contributed by atoms with Gasteiger partial charge in [-0.25, -0.2) is 0 Å². The maximum atomic E-state index is 12.9. The lowest BCUT2D eigenvalue weighted by Crippen LogP contribution is -2.36. The molecular weight excluding hydrogens is 441 g/mol. The number of hydrogen-bond acceptors (Lipinski definition) is 3. The number of nitrogens with zero attached hydrogens (tertiary/aromatic N) is 1. The Labute approximate surface area is 189 Å². The molecule has 0 atom stereocenters. The van der Waals surface area contributed by atoms with Gasteiger partial charge in [0, 0.05) is 16.6 Å². The van der Waals surface area contributed by atoms with Crippen LogP contribution in [0.25, 0.3) is 6.08 Å². The van der Waals surface area contributed by atoms with Gasteiger partial charge in [-0.2, -0.15) is 18.4 Å². The summed E-state index contributed by atoms with van der Waals surface area (Å²) < 4.78 is 44.5. The molecule has 32 heavy (non-hydrogen) atoms. The third kappa shape index (κ3) is 6.51. The normalized spacial score (nSPS) is 15.2. The maximum Gasteiger partial charge on any atom is 0.416 e. The smallest absolute Gasteiger partial charge is 0.416 e. The number of nitrogens with one attached hydrogen (secondary N) is 1. The minimum absolute atomic E-state index is 0.0454. The van der Waals surface area contributed by atoms with Crippen molar-refractivity contribution < 1.29 is 22.7 Å². The summed E-state index contributed by atoms with van der Waals surface area (Å²) in [6.07, 6.45) is 1.92. The number of amides is 1. The fraction of sp³-hybridized carbons (Fsp3) is 0.333. The fourth-order valence-electron chi connectivity index (χ4n) is 3.58. The quantitative estimate of drug-likeness (QED) is 0.405. The van der Waals surface area contributed by atoms with Gasteiger partial charge in [-0.05, 0) is 54.8 Å². The lowest BCUT2D eigenvalue weighted by Gasteiger charge is -2.22. The molecule has 0 bridgehead atoms. The number of carbonyl (C=O) groups excluding carboxylic acids is 1. The van der Waals surface area contributed by atoms with Crippen molar-refractivity contribution in [1.29, 1.82) is 5.26 Å². The van der Waals surface area contributed by atoms with Gasteiger partial charge in [0.2, 0.25) is 0 Å². The number of halogens is 4. The molecule has 1 aliphatic carbocycles. The molecule has 0 radical (unpaired) electrons. The molecule has 2 aromatic rings. The number of carbonyl (C=O) groups is 1. The molecule has 1 N–H and O–H groups in total. The second kappa shape index (κ2) is 10.6. The Hall–Kier alpha value is -2.98. The molecule has 0 heterocycles. The Balaban J connectivity index is 1.78. The Morgan fingerprint density at radius 2 is 1.94 bits per heavy atom. The van der Waals surface area contributed by atoms with Crippen LogP contribution in [-0.2, 0) is 17.6 Å². The first kappa shape index (κ1) is 23.7. The predicted molar refractivity (Wildman–Crippen MR) is 116 cm³/mol. The second-order valence-corrected chi connectivity index (χ2v) is 8.08. The molecule has 1 amide bonds. The van der Waals surface area contributed by atoms with Gasteiger partial charge in [-0.1, -0.05) is 43.0 Å². The molecule has 0 saturated heterocycles. The van der Waals surface area contributed by atoms with Gasteiger partial charge in [0.1, 0.15) is 24.0 Å². The average Bonchev–Trinajstić information content (AvgIpc) is 2.77. The van der Waals surface area contributed by atoms with Crippen molar-refractivity contribution in [2.45, 2.75) is 50.9 Å². The molecule has 4 nitrogen and oxygen atoms in total. The van der Waals surface area contributed by atoms with Crippen LogP contribution in [-0.4, -0.2) is 11.9 Å². The van der Waals surface area contributed by atoms with Crippen LogP contribution in [0.1, 0.15) is 48.8 Å². The summed E-state index contributed by atoms with van der Waals surface area (Å²) in [5.41, 5.74) is -0.136. The summed E-state index contributed by atoms with van der Waals surface area (Å²) in [6.45, 7) is -0.122. The Morgan fingerprint density at radius 3 is 2.62 bits per heavy atom. The molecule has 2 aromatic carbocycles. The molecule has 0 unspecified atom stereocenters. The topological polar surface area (TPSA) is 62.1 Å². The molecule has 0 aromatic heterocycles. The fourth-order valence-corrected chi connectivity index (χ4v) is 3.76. The molecule has 8 heteroatoms. The van der Waals surface area contributed by atoms with Gasteiger partial charge < -0.3 is 10.1 Å². The number of ether oxygens (including phenoxy) is 1. The van der Waals surface area contributed by atoms with Crippen molar-refractivity contribution >= 4 is 23.6 Å². The number of benzene rings is 2. The van der Waals surface area contributed by atoms with Crippen molar-refractivity contribution in [2.75, 3.05) is 0 Å². The number of alkyl halides is 3. The zero-order chi connectivity index (χ0) is 23.1. The zero-order valence-electron chi connectivity index (χ0n) is 17.2. The summed E-state index contributed by atoms with van der Waals surface area (Å²) in [4.78, 5) is 12.6. The SMILES string of the molecule is N#C/C(=C\c1cc(Cl)ccc1OCc1cccc(C(F)(F)F)c1)C(=O)NC1CCCCC1. The van der Waals surface area contributed by atoms with Crippen molar-refractivity contribution in [3.05, 3.63) is 69.8 Å². The molecule has 1 aliphatic rings. The van der Waals surface area contributed by atoms with Crippen molar-refractivity contribution in [3.63, 3.8) is 0 Å². The molecule has 0 aliphatic heterocycles. The molecule has 0 spiro atoms. The summed E-state index contributed by atoms with van der Waals surface area (Å²) in [7, 11) is 0. The van der Waals surface area contributed by atoms with E-state index in [1.54, 1.807) is 12.1 Å². The number of hydrogen-bond donors (Lipinski definition) is 1. The minimum atomic E-state index is -4.45. The highest BCUT2D eigenvalue weighted by Crippen LogP contribution is 2.30. The van der Waals surface area contributed by atoms with E-state index in [2.05, 4.69) is 5.32 Å². The summed E-state index contributed by atoms with van der Waals surface area (Å²) in [5, 5.41) is 12.8. The Morgan fingerprint density at radius 1 is 1.19 bits per heavy atom. The van der Waals surface area contributed by atoms with Crippen molar-refractivity contribution in [1.82, 2.24) is 5.32 Å². The lowest BCUT2D eigenvalue weighted by atomic mass is 9.95. The lowest BCUT2D eigenvalue weighted by molar-refractivity contribution is -0.137. The van der Waals surface area contributed by atoms with E-state index in [-0.39, 0.29) is 18.2 Å². The second-order valence-electron chi connectivity index (χ2n) is 7.65. The first-order valence-electron chi connectivity index (χ1n) is 10.3. The van der Waals surface area contributed by atoms with Crippen molar-refractivity contribution in [2.24, 2.45) is 0 Å². The first-order chi connectivity index (χ1) is 15.3. The van der Waals surface area contributed by atoms with Crippen LogP contribution in [0.5, 0.6) is 5.75 Å². The Bertz CT molecular complexity index is 1040. The van der Waals surface area contributed by atoms with E-state index >= 15 is 0 Å². The summed E-state index contributed by atoms with van der Waals surface area (Å²) >= 11 is 6.07. The highest BCUT2D eigenvalue weighted by atomic mass is 35.5. The maximum absolute atomic E-state index is 12.9. The third-order valence-corrected chi connectivity index (χ3v) is 5.46. The zero-order valence-corrected chi connectivity index (χ0v) is 18.0. The van der Waals surface area contributed by atoms with Gasteiger partial charge in [-0.15, -0.1) is 0 Å². The number of nitriles is 1. The van der Waals surface area contributed by atoms with Gasteiger partial charge in [0.25, 0.3) is 5.91 Å². The van der Waals surface area contributed by atoms with E-state index < -0.39 is 17.6 Å². The molecule has 1 saturated carbocycles. The molecule has 168 valence electrons. The van der Waals surface area contributed by atoms with E-state index in [0.717, 1.165) is 44.2 Å². The average molecular weight is 463 g/mol. The van der Waals surface area contributed by atoms with Gasteiger partial charge in [0.15, 0.2) is 0 Å². The van der Waals surface area contributed by atoms with E-state index in [0.29, 0.717) is 21.9 Å². The summed E-state index contributed by atoms with van der Waals surface area (Å²) in [5.74, 6) is -0.173. The highest BCUT2D eigenvalue weighted by molar-refractivity contribution is 6.30.